The van der Waals surface area contributed by atoms with Crippen LogP contribution in [0.4, 0.5) is 0 Å². The van der Waals surface area contributed by atoms with Gasteiger partial charge in [0, 0.05) is 5.71 Å². The second-order valence-corrected chi connectivity index (χ2v) is 2.31. The summed E-state index contributed by atoms with van der Waals surface area (Å²) in [5.74, 6) is 0. The molecule has 1 nitrogen and oxygen atoms in total. The van der Waals surface area contributed by atoms with Crippen molar-refractivity contribution in [3.05, 3.63) is 11.0 Å². The summed E-state index contributed by atoms with van der Waals surface area (Å²) in [7, 11) is 2.13. The summed E-state index contributed by atoms with van der Waals surface area (Å²) in [5, 5.41) is 0. The van der Waals surface area contributed by atoms with Gasteiger partial charge in [0.1, 0.15) is 7.85 Å². The number of hydrogen-bond donors (Lipinski definition) is 0. The van der Waals surface area contributed by atoms with Gasteiger partial charge in [-0.15, -0.1) is 0 Å². The minimum atomic E-state index is 0.928. The fraction of sp³-hybridized carbons (Fsp3) is 0.500. The Morgan fingerprint density at radius 2 is 2.12 bits per heavy atom. The first-order valence-corrected chi connectivity index (χ1v) is 2.89. The zero-order valence-electron chi connectivity index (χ0n) is 5.65. The van der Waals surface area contributed by atoms with E-state index < -0.39 is 0 Å². The highest BCUT2D eigenvalue weighted by atomic mass is 14.8. The first-order valence-electron chi connectivity index (χ1n) is 2.89. The molecule has 0 atom stereocenters. The molecule has 42 valence electrons. The Morgan fingerprint density at radius 3 is 2.25 bits per heavy atom. The molecule has 0 bridgehead atoms. The van der Waals surface area contributed by atoms with Crippen LogP contribution in [-0.2, 0) is 0 Å². The average molecular weight is 107 g/mol. The first kappa shape index (κ1) is 5.61. The third kappa shape index (κ3) is 0.704. The Kier molecular flexibility index (Phi) is 1.24. The zero-order valence-corrected chi connectivity index (χ0v) is 5.65. The highest BCUT2D eigenvalue weighted by Crippen LogP contribution is 2.09. The lowest BCUT2D eigenvalue weighted by atomic mass is 9.89. The van der Waals surface area contributed by atoms with Crippen molar-refractivity contribution in [3.8, 4) is 0 Å². The maximum atomic E-state index is 4.24. The Balaban J connectivity index is 2.88. The molecular weight excluding hydrogens is 96.9 g/mol. The van der Waals surface area contributed by atoms with Crippen molar-refractivity contribution in [1.82, 2.24) is 0 Å². The van der Waals surface area contributed by atoms with Crippen LogP contribution in [0.1, 0.15) is 13.8 Å². The van der Waals surface area contributed by atoms with E-state index in [1.807, 2.05) is 0 Å². The molecule has 8 heavy (non-hydrogen) atoms. The van der Waals surface area contributed by atoms with Crippen LogP contribution in [-0.4, -0.2) is 20.1 Å². The van der Waals surface area contributed by atoms with Gasteiger partial charge < -0.3 is 0 Å². The number of aliphatic imine (C=N–C) groups is 1. The van der Waals surface area contributed by atoms with Crippen LogP contribution in [0.2, 0.25) is 0 Å². The second-order valence-electron chi connectivity index (χ2n) is 2.31. The van der Waals surface area contributed by atoms with E-state index >= 15 is 0 Å². The molecule has 0 aliphatic carbocycles. The molecule has 0 spiro atoms. The van der Waals surface area contributed by atoms with E-state index in [2.05, 4.69) is 26.7 Å². The van der Waals surface area contributed by atoms with Crippen LogP contribution in [0.25, 0.3) is 0 Å². The van der Waals surface area contributed by atoms with Crippen molar-refractivity contribution in [2.75, 3.05) is 6.54 Å². The molecule has 1 rings (SSSR count). The third-order valence-electron chi connectivity index (χ3n) is 1.74. The van der Waals surface area contributed by atoms with E-state index in [1.54, 1.807) is 0 Å². The van der Waals surface area contributed by atoms with Crippen LogP contribution in [0.15, 0.2) is 16.0 Å². The molecule has 1 heterocycles. The number of allylic oxidation sites excluding steroid dienone is 1. The quantitative estimate of drug-likeness (QED) is 0.396. The molecule has 0 saturated heterocycles. The van der Waals surface area contributed by atoms with Crippen molar-refractivity contribution in [2.45, 2.75) is 13.8 Å². The Hall–Kier alpha value is -0.525. The van der Waals surface area contributed by atoms with Gasteiger partial charge in [0.25, 0.3) is 0 Å². The van der Waals surface area contributed by atoms with Crippen LogP contribution in [0.5, 0.6) is 0 Å². The molecule has 0 aromatic heterocycles. The molecule has 0 fully saturated rings. The van der Waals surface area contributed by atoms with Crippen LogP contribution in [0.3, 0.4) is 0 Å². The molecule has 1 aliphatic heterocycles. The van der Waals surface area contributed by atoms with Crippen LogP contribution < -0.4 is 0 Å². The van der Waals surface area contributed by atoms with Gasteiger partial charge in [0.15, 0.2) is 0 Å². The molecule has 0 aromatic carbocycles. The monoisotopic (exact) mass is 107 g/mol. The highest BCUT2D eigenvalue weighted by Gasteiger charge is 2.05. The molecule has 0 aromatic rings. The number of hydrogen-bond acceptors (Lipinski definition) is 1. The van der Waals surface area contributed by atoms with Gasteiger partial charge in [-0.3, -0.25) is 4.99 Å². The maximum absolute atomic E-state index is 4.24. The van der Waals surface area contributed by atoms with E-state index in [-0.39, 0.29) is 0 Å². The minimum absolute atomic E-state index is 0.928. The second kappa shape index (κ2) is 1.77. The van der Waals surface area contributed by atoms with Gasteiger partial charge in [-0.05, 0) is 13.8 Å². The lowest BCUT2D eigenvalue weighted by Crippen LogP contribution is -1.92. The normalized spacial score (nSPS) is 19.5. The van der Waals surface area contributed by atoms with Gasteiger partial charge >= 0.3 is 0 Å². The molecule has 0 saturated carbocycles. The lowest BCUT2D eigenvalue weighted by molar-refractivity contribution is 1.17. The minimum Gasteiger partial charge on any atom is -0.286 e. The Morgan fingerprint density at radius 1 is 1.50 bits per heavy atom. The highest BCUT2D eigenvalue weighted by molar-refractivity contribution is 6.38. The summed E-state index contributed by atoms with van der Waals surface area (Å²) in [6.45, 7) is 5.12. The standard InChI is InChI=1S/C6H10BN/c1-4-3-8-5(2)6(4)7/h3,7H2,1-2H3. The topological polar surface area (TPSA) is 12.4 Å². The molecule has 2 heteroatoms. The van der Waals surface area contributed by atoms with Crippen LogP contribution >= 0.6 is 0 Å². The molecule has 0 unspecified atom stereocenters. The largest absolute Gasteiger partial charge is 0.286 e. The van der Waals surface area contributed by atoms with Gasteiger partial charge in [-0.1, -0.05) is 11.0 Å². The SMILES string of the molecule is BC1=C(C)CN=C1C. The lowest BCUT2D eigenvalue weighted by Gasteiger charge is -1.90. The summed E-state index contributed by atoms with van der Waals surface area (Å²) in [5.41, 5.74) is 4.01. The van der Waals surface area contributed by atoms with Crippen molar-refractivity contribution in [3.63, 3.8) is 0 Å². The van der Waals surface area contributed by atoms with E-state index in [4.69, 9.17) is 0 Å². The number of rotatable bonds is 0. The van der Waals surface area contributed by atoms with Gasteiger partial charge in [0.2, 0.25) is 0 Å². The molecule has 0 N–H and O–H groups in total. The summed E-state index contributed by atoms with van der Waals surface area (Å²) in [6, 6.07) is 0. The zero-order chi connectivity index (χ0) is 6.15. The van der Waals surface area contributed by atoms with Gasteiger partial charge in [0.05, 0.1) is 6.54 Å². The smallest absolute Gasteiger partial charge is 0.141 e. The van der Waals surface area contributed by atoms with Crippen molar-refractivity contribution >= 4 is 13.6 Å². The summed E-state index contributed by atoms with van der Waals surface area (Å²) in [6.07, 6.45) is 0. The van der Waals surface area contributed by atoms with Crippen molar-refractivity contribution < 1.29 is 0 Å². The predicted molar refractivity (Wildman–Crippen MR) is 39.2 cm³/mol. The van der Waals surface area contributed by atoms with E-state index in [0.717, 1.165) is 6.54 Å². The average Bonchev–Trinajstić information content (AvgIpc) is 1.98. The molecular formula is C6H10BN. The predicted octanol–water partition coefficient (Wildman–Crippen LogP) is 0.368. The van der Waals surface area contributed by atoms with Crippen LogP contribution in [0, 0.1) is 0 Å². The summed E-state index contributed by atoms with van der Waals surface area (Å²) in [4.78, 5) is 4.24. The third-order valence-corrected chi connectivity index (χ3v) is 1.74. The van der Waals surface area contributed by atoms with Gasteiger partial charge in [-0.2, -0.15) is 0 Å². The summed E-state index contributed by atoms with van der Waals surface area (Å²) < 4.78 is 0. The van der Waals surface area contributed by atoms with E-state index in [9.17, 15) is 0 Å². The van der Waals surface area contributed by atoms with E-state index in [1.165, 1.54) is 16.8 Å². The summed E-state index contributed by atoms with van der Waals surface area (Å²) >= 11 is 0. The Bertz CT molecular complexity index is 162. The molecule has 1 aliphatic rings. The number of nitrogens with zero attached hydrogens (tertiary/aromatic N) is 1. The van der Waals surface area contributed by atoms with Gasteiger partial charge in [-0.25, -0.2) is 0 Å². The van der Waals surface area contributed by atoms with Crippen molar-refractivity contribution in [2.24, 2.45) is 4.99 Å². The molecule has 0 amide bonds. The maximum Gasteiger partial charge on any atom is 0.141 e. The van der Waals surface area contributed by atoms with E-state index in [0.29, 0.717) is 0 Å². The Labute approximate surface area is 50.9 Å². The molecule has 0 radical (unpaired) electrons. The first-order chi connectivity index (χ1) is 3.72. The fourth-order valence-corrected chi connectivity index (χ4v) is 0.783. The van der Waals surface area contributed by atoms with Crippen molar-refractivity contribution in [1.29, 1.82) is 0 Å². The fourth-order valence-electron chi connectivity index (χ4n) is 0.783.